The summed E-state index contributed by atoms with van der Waals surface area (Å²) in [5.74, 6) is -1.47. The summed E-state index contributed by atoms with van der Waals surface area (Å²) in [5.41, 5.74) is 0.394. The Labute approximate surface area is 190 Å². The summed E-state index contributed by atoms with van der Waals surface area (Å²) in [6, 6.07) is 7.14. The maximum Gasteiger partial charge on any atom is 0.426 e. The number of amides is 1. The van der Waals surface area contributed by atoms with Crippen LogP contribution >= 0.6 is 23.2 Å². The van der Waals surface area contributed by atoms with Crippen molar-refractivity contribution in [1.82, 2.24) is 4.90 Å². The lowest BCUT2D eigenvalue weighted by Crippen LogP contribution is -2.48. The fraction of sp³-hybridized carbons (Fsp3) is 0.350. The highest BCUT2D eigenvalue weighted by atomic mass is 35.5. The number of rotatable bonds is 5. The molecule has 0 bridgehead atoms. The Balaban J connectivity index is 1.65. The molecule has 32 heavy (non-hydrogen) atoms. The first kappa shape index (κ1) is 24.5. The number of carbonyl (C=O) groups excluding carboxylic acids is 1. The Morgan fingerprint density at radius 1 is 1.16 bits per heavy atom. The van der Waals surface area contributed by atoms with E-state index in [4.69, 9.17) is 27.9 Å². The zero-order chi connectivity index (χ0) is 23.5. The lowest BCUT2D eigenvalue weighted by atomic mass is 10.1. The number of ether oxygens (including phenoxy) is 2. The first-order chi connectivity index (χ1) is 15.0. The van der Waals surface area contributed by atoms with Gasteiger partial charge in [0, 0.05) is 25.3 Å². The van der Waals surface area contributed by atoms with Gasteiger partial charge in [-0.3, -0.25) is 10.2 Å². The third kappa shape index (κ3) is 6.44. The predicted octanol–water partition coefficient (Wildman–Crippen LogP) is 5.82. The molecule has 0 saturated carbocycles. The van der Waals surface area contributed by atoms with E-state index in [0.717, 1.165) is 18.2 Å². The van der Waals surface area contributed by atoms with Gasteiger partial charge in [0.25, 0.3) is 0 Å². The van der Waals surface area contributed by atoms with Gasteiger partial charge in [-0.1, -0.05) is 29.3 Å². The normalized spacial score (nSPS) is 18.3. The molecule has 0 unspecified atom stereocenters. The van der Waals surface area contributed by atoms with E-state index in [-0.39, 0.29) is 35.4 Å². The predicted molar refractivity (Wildman–Crippen MR) is 108 cm³/mol. The molecule has 0 radical (unpaired) electrons. The lowest BCUT2D eigenvalue weighted by molar-refractivity contribution is -0.209. The summed E-state index contributed by atoms with van der Waals surface area (Å²) in [6.07, 6.45) is -9.34. The fourth-order valence-electron chi connectivity index (χ4n) is 3.08. The zero-order valence-electron chi connectivity index (χ0n) is 16.3. The molecule has 0 aromatic heterocycles. The van der Waals surface area contributed by atoms with Crippen molar-refractivity contribution in [1.29, 1.82) is 0 Å². The molecular weight excluding hydrogens is 482 g/mol. The molecule has 1 amide bonds. The summed E-state index contributed by atoms with van der Waals surface area (Å²) in [5, 5.41) is 1.71. The molecule has 3 rings (SSSR count). The summed E-state index contributed by atoms with van der Waals surface area (Å²) in [6.45, 7) is -0.339. The van der Waals surface area contributed by atoms with Crippen LogP contribution in [0.2, 0.25) is 10.0 Å². The van der Waals surface area contributed by atoms with Gasteiger partial charge in [0.05, 0.1) is 22.8 Å². The average molecular weight is 499 g/mol. The highest BCUT2D eigenvalue weighted by Crippen LogP contribution is 2.29. The Morgan fingerprint density at radius 3 is 2.56 bits per heavy atom. The second-order valence-corrected chi connectivity index (χ2v) is 7.80. The Hall–Kier alpha value is -2.14. The minimum atomic E-state index is -4.85. The van der Waals surface area contributed by atoms with Crippen molar-refractivity contribution in [3.8, 4) is 0 Å². The van der Waals surface area contributed by atoms with E-state index in [0.29, 0.717) is 5.56 Å². The SMILES string of the molecule is O=C(Nc1ccc(Cl)c(F)c1)O[C@@H](CN1CCO[C@H](c2ccc(F)c(Cl)c2)C1)C(F)(F)F. The van der Waals surface area contributed by atoms with E-state index in [1.807, 2.05) is 5.32 Å². The smallest absolute Gasteiger partial charge is 0.426 e. The summed E-state index contributed by atoms with van der Waals surface area (Å²) in [4.78, 5) is 13.4. The van der Waals surface area contributed by atoms with Crippen molar-refractivity contribution in [2.24, 2.45) is 0 Å². The molecule has 1 fully saturated rings. The Bertz CT molecular complexity index is 977. The van der Waals surface area contributed by atoms with E-state index < -0.39 is 42.7 Å². The molecule has 1 saturated heterocycles. The van der Waals surface area contributed by atoms with Gasteiger partial charge in [-0.05, 0) is 35.9 Å². The molecule has 2 aromatic carbocycles. The molecule has 0 spiro atoms. The third-order valence-electron chi connectivity index (χ3n) is 4.67. The minimum absolute atomic E-state index is 0.0436. The molecule has 12 heteroatoms. The molecule has 1 aliphatic heterocycles. The van der Waals surface area contributed by atoms with Crippen LogP contribution in [0.1, 0.15) is 11.7 Å². The number of nitrogens with zero attached hydrogens (tertiary/aromatic N) is 1. The van der Waals surface area contributed by atoms with E-state index in [9.17, 15) is 26.7 Å². The Kier molecular flexibility index (Phi) is 7.81. The van der Waals surface area contributed by atoms with Crippen molar-refractivity contribution in [3.63, 3.8) is 0 Å². The molecule has 1 N–H and O–H groups in total. The van der Waals surface area contributed by atoms with Gasteiger partial charge in [-0.25, -0.2) is 13.6 Å². The number of anilines is 1. The maximum atomic E-state index is 13.5. The van der Waals surface area contributed by atoms with Crippen LogP contribution < -0.4 is 5.32 Å². The number of halogens is 7. The number of hydrogen-bond donors (Lipinski definition) is 1. The van der Waals surface area contributed by atoms with Gasteiger partial charge < -0.3 is 9.47 Å². The van der Waals surface area contributed by atoms with Gasteiger partial charge in [-0.15, -0.1) is 0 Å². The first-order valence-electron chi connectivity index (χ1n) is 9.31. The molecule has 5 nitrogen and oxygen atoms in total. The summed E-state index contributed by atoms with van der Waals surface area (Å²) in [7, 11) is 0. The van der Waals surface area contributed by atoms with Crippen molar-refractivity contribution >= 4 is 35.0 Å². The molecule has 1 heterocycles. The van der Waals surface area contributed by atoms with E-state index >= 15 is 0 Å². The monoisotopic (exact) mass is 498 g/mol. The quantitative estimate of drug-likeness (QED) is 0.527. The van der Waals surface area contributed by atoms with Gasteiger partial charge in [0.2, 0.25) is 6.10 Å². The molecule has 2 aromatic rings. The van der Waals surface area contributed by atoms with Crippen LogP contribution in [0, 0.1) is 11.6 Å². The molecule has 1 aliphatic rings. The molecule has 174 valence electrons. The van der Waals surface area contributed by atoms with Crippen LogP contribution in [0.5, 0.6) is 0 Å². The number of hydrogen-bond acceptors (Lipinski definition) is 4. The van der Waals surface area contributed by atoms with Crippen LogP contribution in [0.25, 0.3) is 0 Å². The van der Waals surface area contributed by atoms with Crippen molar-refractivity contribution in [3.05, 3.63) is 63.6 Å². The zero-order valence-corrected chi connectivity index (χ0v) is 17.8. The third-order valence-corrected chi connectivity index (χ3v) is 5.27. The van der Waals surface area contributed by atoms with E-state index in [1.165, 1.54) is 23.1 Å². The fourth-order valence-corrected chi connectivity index (χ4v) is 3.38. The lowest BCUT2D eigenvalue weighted by Gasteiger charge is -2.35. The number of carbonyl (C=O) groups is 1. The van der Waals surface area contributed by atoms with Crippen molar-refractivity contribution < 1.29 is 36.2 Å². The van der Waals surface area contributed by atoms with Crippen molar-refractivity contribution in [2.45, 2.75) is 18.4 Å². The largest absolute Gasteiger partial charge is 0.435 e. The second-order valence-electron chi connectivity index (χ2n) is 6.98. The van der Waals surface area contributed by atoms with Gasteiger partial charge in [0.1, 0.15) is 11.6 Å². The Morgan fingerprint density at radius 2 is 1.91 bits per heavy atom. The van der Waals surface area contributed by atoms with E-state index in [1.54, 1.807) is 0 Å². The standard InChI is InChI=1S/C20H17Cl2F5N2O3/c21-13-3-2-12(8-16(13)24)28-19(30)32-18(20(25,26)27)10-29-5-6-31-17(9-29)11-1-4-15(23)14(22)7-11/h1-4,7-8,17-18H,5-6,9-10H2,(H,28,30)/t17-,18-/m0/s1. The number of alkyl halides is 3. The van der Waals surface area contributed by atoms with Crippen LogP contribution in [0.3, 0.4) is 0 Å². The van der Waals surface area contributed by atoms with Crippen molar-refractivity contribution in [2.75, 3.05) is 31.6 Å². The van der Waals surface area contributed by atoms with Gasteiger partial charge >= 0.3 is 12.3 Å². The van der Waals surface area contributed by atoms with Crippen LogP contribution in [-0.2, 0) is 9.47 Å². The minimum Gasteiger partial charge on any atom is -0.435 e. The number of benzene rings is 2. The summed E-state index contributed by atoms with van der Waals surface area (Å²) < 4.78 is 77.5. The average Bonchev–Trinajstić information content (AvgIpc) is 2.72. The first-order valence-corrected chi connectivity index (χ1v) is 10.1. The summed E-state index contributed by atoms with van der Waals surface area (Å²) >= 11 is 11.3. The number of morpholine rings is 1. The number of nitrogens with one attached hydrogen (secondary N) is 1. The highest BCUT2D eigenvalue weighted by molar-refractivity contribution is 6.31. The highest BCUT2D eigenvalue weighted by Gasteiger charge is 2.44. The molecule has 2 atom stereocenters. The van der Waals surface area contributed by atoms with E-state index in [2.05, 4.69) is 4.74 Å². The maximum absolute atomic E-state index is 13.5. The molecular formula is C20H17Cl2F5N2O3. The van der Waals surface area contributed by atoms with Gasteiger partial charge in [-0.2, -0.15) is 13.2 Å². The van der Waals surface area contributed by atoms with Gasteiger partial charge in [0.15, 0.2) is 0 Å². The topological polar surface area (TPSA) is 50.8 Å². The second kappa shape index (κ2) is 10.2. The van der Waals surface area contributed by atoms with Crippen LogP contribution in [-0.4, -0.2) is 49.5 Å². The molecule has 0 aliphatic carbocycles. The van der Waals surface area contributed by atoms with Crippen LogP contribution in [0.4, 0.5) is 32.4 Å². The van der Waals surface area contributed by atoms with Crippen LogP contribution in [0.15, 0.2) is 36.4 Å².